The van der Waals surface area contributed by atoms with Crippen molar-refractivity contribution in [3.63, 3.8) is 0 Å². The number of nitrogens with zero attached hydrogens (tertiary/aromatic N) is 3. The summed E-state index contributed by atoms with van der Waals surface area (Å²) in [6.45, 7) is 6.18. The molecule has 10 heteroatoms. The van der Waals surface area contributed by atoms with Crippen molar-refractivity contribution in [2.75, 3.05) is 41.7 Å². The normalized spacial score (nSPS) is 21.4. The van der Waals surface area contributed by atoms with Gasteiger partial charge in [-0.05, 0) is 60.0 Å². The molecule has 3 heterocycles. The zero-order valence-electron chi connectivity index (χ0n) is 23.8. The van der Waals surface area contributed by atoms with Gasteiger partial charge in [0.05, 0.1) is 22.5 Å². The van der Waals surface area contributed by atoms with Crippen LogP contribution in [0, 0.1) is 17.0 Å². The number of rotatable bonds is 5. The van der Waals surface area contributed by atoms with Crippen molar-refractivity contribution in [1.29, 1.82) is 0 Å². The number of amides is 3. The van der Waals surface area contributed by atoms with E-state index in [-0.39, 0.29) is 34.1 Å². The van der Waals surface area contributed by atoms with E-state index in [0.717, 1.165) is 22.5 Å². The Bertz CT molecular complexity index is 1660. The maximum atomic E-state index is 13.9. The number of piperazine rings is 1. The first-order valence-corrected chi connectivity index (χ1v) is 15.0. The van der Waals surface area contributed by atoms with Crippen LogP contribution < -0.4 is 15.5 Å². The Morgan fingerprint density at radius 3 is 2.51 bits per heavy atom. The molecule has 1 fully saturated rings. The molecule has 0 spiro atoms. The van der Waals surface area contributed by atoms with E-state index in [2.05, 4.69) is 39.6 Å². The Labute approximate surface area is 253 Å². The number of nitrogens with one attached hydrogen (secondary N) is 2. The Morgan fingerprint density at radius 1 is 1.00 bits per heavy atom. The number of halogens is 2. The van der Waals surface area contributed by atoms with Gasteiger partial charge in [-0.2, -0.15) is 0 Å². The molecule has 43 heavy (non-hydrogen) atoms. The lowest BCUT2D eigenvalue weighted by Crippen LogP contribution is -2.50. The zero-order chi connectivity index (χ0) is 30.1. The number of thioether (sulfide) groups is 1. The number of benzene rings is 2. The fourth-order valence-corrected chi connectivity index (χ4v) is 7.04. The Hall–Kier alpha value is -4.44. The summed E-state index contributed by atoms with van der Waals surface area (Å²) in [6, 6.07) is 16.0. The van der Waals surface area contributed by atoms with E-state index in [0.29, 0.717) is 36.8 Å². The molecule has 7 nitrogen and oxygen atoms in total. The molecule has 0 radical (unpaired) electrons. The molecule has 2 unspecified atom stereocenters. The van der Waals surface area contributed by atoms with E-state index in [4.69, 9.17) is 0 Å². The van der Waals surface area contributed by atoms with Crippen molar-refractivity contribution in [1.82, 2.24) is 9.88 Å². The molecule has 3 aromatic rings. The Kier molecular flexibility index (Phi) is 7.79. The standard InChI is InChI=1S/C33H31F2N5O2S/c1-21-30(43-28-12-10-23(19-33(21,28)2)22-6-5-7-24(34)18-22)31(41)37-25-11-13-29(36-20-25)39-14-16-40(17-15-39)32(42)38-27-9-4-3-8-26(27)35/h3-13,18-20,28H,14-17H2,1-2H3,(H,37,41)(H,38,42). The number of carbonyl (C=O) groups is 2. The van der Waals surface area contributed by atoms with E-state index >= 15 is 0 Å². The maximum Gasteiger partial charge on any atom is 0.322 e. The van der Waals surface area contributed by atoms with E-state index in [1.54, 1.807) is 29.3 Å². The van der Waals surface area contributed by atoms with Crippen molar-refractivity contribution in [3.8, 4) is 0 Å². The van der Waals surface area contributed by atoms with Gasteiger partial charge in [-0.1, -0.05) is 49.4 Å². The summed E-state index contributed by atoms with van der Waals surface area (Å²) < 4.78 is 27.7. The van der Waals surface area contributed by atoms with Crippen LogP contribution in [0.1, 0.15) is 19.4 Å². The van der Waals surface area contributed by atoms with Crippen LogP contribution in [-0.4, -0.2) is 53.3 Å². The number of anilines is 3. The van der Waals surface area contributed by atoms with E-state index in [9.17, 15) is 18.4 Å². The number of carbonyl (C=O) groups excluding carboxylic acids is 2. The largest absolute Gasteiger partial charge is 0.353 e. The number of allylic oxidation sites excluding steroid dienone is 4. The molecule has 0 saturated carbocycles. The number of urea groups is 1. The molecular weight excluding hydrogens is 568 g/mol. The minimum atomic E-state index is -0.472. The van der Waals surface area contributed by atoms with Crippen LogP contribution in [0.5, 0.6) is 0 Å². The van der Waals surface area contributed by atoms with Crippen molar-refractivity contribution in [3.05, 3.63) is 113 Å². The van der Waals surface area contributed by atoms with Gasteiger partial charge in [0.1, 0.15) is 17.5 Å². The molecule has 2 aromatic carbocycles. The summed E-state index contributed by atoms with van der Waals surface area (Å²) >= 11 is 1.53. The number of hydrogen-bond donors (Lipinski definition) is 2. The van der Waals surface area contributed by atoms with Gasteiger partial charge in [0.25, 0.3) is 5.91 Å². The van der Waals surface area contributed by atoms with E-state index < -0.39 is 5.82 Å². The molecule has 6 rings (SSSR count). The van der Waals surface area contributed by atoms with Crippen LogP contribution in [0.25, 0.3) is 5.57 Å². The van der Waals surface area contributed by atoms with Crippen LogP contribution >= 0.6 is 11.8 Å². The van der Waals surface area contributed by atoms with Gasteiger partial charge in [-0.3, -0.25) is 4.79 Å². The molecular formula is C33H31F2N5O2S. The predicted octanol–water partition coefficient (Wildman–Crippen LogP) is 6.70. The number of aromatic nitrogens is 1. The third kappa shape index (κ3) is 5.79. The highest BCUT2D eigenvalue weighted by Crippen LogP contribution is 2.54. The maximum absolute atomic E-state index is 13.9. The second-order valence-corrected chi connectivity index (χ2v) is 12.1. The first-order chi connectivity index (χ1) is 20.7. The molecule has 2 aliphatic heterocycles. The molecule has 1 aromatic heterocycles. The van der Waals surface area contributed by atoms with Crippen LogP contribution in [0.3, 0.4) is 0 Å². The highest BCUT2D eigenvalue weighted by molar-refractivity contribution is 8.05. The average Bonchev–Trinajstić information content (AvgIpc) is 3.28. The highest BCUT2D eigenvalue weighted by Gasteiger charge is 2.44. The smallest absolute Gasteiger partial charge is 0.322 e. The average molecular weight is 600 g/mol. The molecule has 1 saturated heterocycles. The lowest BCUT2D eigenvalue weighted by atomic mass is 9.74. The molecule has 2 atom stereocenters. The molecule has 3 amide bonds. The van der Waals surface area contributed by atoms with Crippen LogP contribution in [-0.2, 0) is 4.79 Å². The third-order valence-corrected chi connectivity index (χ3v) is 9.89. The number of hydrogen-bond acceptors (Lipinski definition) is 5. The van der Waals surface area contributed by atoms with Crippen molar-refractivity contribution in [2.45, 2.75) is 19.1 Å². The summed E-state index contributed by atoms with van der Waals surface area (Å²) in [4.78, 5) is 34.9. The third-order valence-electron chi connectivity index (χ3n) is 8.27. The second kappa shape index (κ2) is 11.7. The molecule has 1 aliphatic carbocycles. The van der Waals surface area contributed by atoms with Crippen LogP contribution in [0.15, 0.2) is 95.6 Å². The summed E-state index contributed by atoms with van der Waals surface area (Å²) in [7, 11) is 0. The molecule has 0 bridgehead atoms. The van der Waals surface area contributed by atoms with Crippen LogP contribution in [0.2, 0.25) is 0 Å². The lowest BCUT2D eigenvalue weighted by molar-refractivity contribution is -0.112. The topological polar surface area (TPSA) is 77.6 Å². The number of pyridine rings is 1. The van der Waals surface area contributed by atoms with Gasteiger partial charge in [0.15, 0.2) is 0 Å². The SMILES string of the molecule is CC1=C(C(=O)Nc2ccc(N3CCN(C(=O)Nc4ccccc4F)CC3)nc2)SC2C=CC(c3cccc(F)c3)=CC12C. The molecule has 2 N–H and O–H groups in total. The first kappa shape index (κ1) is 28.7. The monoisotopic (exact) mass is 599 g/mol. The Morgan fingerprint density at radius 2 is 1.79 bits per heavy atom. The highest BCUT2D eigenvalue weighted by atomic mass is 32.2. The number of para-hydroxylation sites is 1. The van der Waals surface area contributed by atoms with Gasteiger partial charge in [0.2, 0.25) is 0 Å². The lowest BCUT2D eigenvalue weighted by Gasteiger charge is -2.35. The van der Waals surface area contributed by atoms with Gasteiger partial charge in [-0.15, -0.1) is 11.8 Å². The summed E-state index contributed by atoms with van der Waals surface area (Å²) in [5.74, 6) is -0.189. The minimum Gasteiger partial charge on any atom is -0.353 e. The summed E-state index contributed by atoms with van der Waals surface area (Å²) in [5.41, 5.74) is 3.09. The quantitative estimate of drug-likeness (QED) is 0.341. The summed E-state index contributed by atoms with van der Waals surface area (Å²) in [5, 5.41) is 5.68. The predicted molar refractivity (Wildman–Crippen MR) is 168 cm³/mol. The summed E-state index contributed by atoms with van der Waals surface area (Å²) in [6.07, 6.45) is 7.86. The van der Waals surface area contributed by atoms with Gasteiger partial charge in [0, 0.05) is 36.8 Å². The van der Waals surface area contributed by atoms with Gasteiger partial charge < -0.3 is 20.4 Å². The second-order valence-electron chi connectivity index (χ2n) is 11.0. The molecule has 220 valence electrons. The minimum absolute atomic E-state index is 0.0681. The Balaban J connectivity index is 1.07. The van der Waals surface area contributed by atoms with Gasteiger partial charge in [-0.25, -0.2) is 18.6 Å². The zero-order valence-corrected chi connectivity index (χ0v) is 24.6. The fraction of sp³-hybridized carbons (Fsp3) is 0.242. The van der Waals surface area contributed by atoms with Crippen LogP contribution in [0.4, 0.5) is 30.8 Å². The van der Waals surface area contributed by atoms with Crippen molar-refractivity contribution in [2.24, 2.45) is 5.41 Å². The fourth-order valence-electron chi connectivity index (χ4n) is 5.59. The molecule has 3 aliphatic rings. The van der Waals surface area contributed by atoms with Gasteiger partial charge >= 0.3 is 6.03 Å². The first-order valence-electron chi connectivity index (χ1n) is 14.1. The number of fused-ring (bicyclic) bond motifs is 1. The van der Waals surface area contributed by atoms with Crippen molar-refractivity contribution >= 4 is 46.5 Å². The van der Waals surface area contributed by atoms with Crippen molar-refractivity contribution < 1.29 is 18.4 Å². The van der Waals surface area contributed by atoms with E-state index in [1.165, 1.54) is 36.0 Å². The van der Waals surface area contributed by atoms with E-state index in [1.807, 2.05) is 31.2 Å².